The van der Waals surface area contributed by atoms with E-state index in [0.717, 1.165) is 44.4 Å². The second-order valence-electron chi connectivity index (χ2n) is 6.85. The van der Waals surface area contributed by atoms with E-state index in [0.29, 0.717) is 6.54 Å². The molecule has 2 N–H and O–H groups in total. The molecule has 0 aromatic rings. The van der Waals surface area contributed by atoms with Crippen molar-refractivity contribution < 1.29 is 14.4 Å². The zero-order valence-corrected chi connectivity index (χ0v) is 15.5. The van der Waals surface area contributed by atoms with Crippen LogP contribution in [0.15, 0.2) is 0 Å². The number of thioether (sulfide) groups is 1. The highest BCUT2D eigenvalue weighted by Gasteiger charge is 2.30. The van der Waals surface area contributed by atoms with E-state index >= 15 is 0 Å². The van der Waals surface area contributed by atoms with Crippen LogP contribution in [0.5, 0.6) is 0 Å². The minimum absolute atomic E-state index is 0.0467. The molecule has 0 aromatic heterocycles. The molecule has 0 bridgehead atoms. The van der Waals surface area contributed by atoms with Crippen molar-refractivity contribution in [1.82, 2.24) is 15.5 Å². The molecule has 0 radical (unpaired) electrons. The van der Waals surface area contributed by atoms with Crippen LogP contribution in [0.1, 0.15) is 46.0 Å². The van der Waals surface area contributed by atoms with E-state index in [9.17, 15) is 14.4 Å². The predicted octanol–water partition coefficient (Wildman–Crippen LogP) is 1.15. The number of hydrogen-bond donors (Lipinski definition) is 2. The Morgan fingerprint density at radius 1 is 1.38 bits per heavy atom. The molecular weight excluding hydrogens is 326 g/mol. The lowest BCUT2D eigenvalue weighted by Gasteiger charge is -2.32. The molecule has 0 aromatic carbocycles. The summed E-state index contributed by atoms with van der Waals surface area (Å²) in [7, 11) is 0. The molecular formula is C17H29N3O3S. The predicted molar refractivity (Wildman–Crippen MR) is 95.7 cm³/mol. The Morgan fingerprint density at radius 2 is 2.17 bits per heavy atom. The van der Waals surface area contributed by atoms with Crippen molar-refractivity contribution in [2.75, 3.05) is 25.4 Å². The quantitative estimate of drug-likeness (QED) is 0.716. The summed E-state index contributed by atoms with van der Waals surface area (Å²) in [5.41, 5.74) is 0. The maximum atomic E-state index is 12.4. The van der Waals surface area contributed by atoms with Crippen molar-refractivity contribution in [2.45, 2.75) is 58.0 Å². The van der Waals surface area contributed by atoms with Gasteiger partial charge in [-0.05, 0) is 39.2 Å². The number of likely N-dealkylation sites (tertiary alicyclic amines) is 1. The molecule has 2 fully saturated rings. The van der Waals surface area contributed by atoms with Crippen molar-refractivity contribution in [1.29, 1.82) is 0 Å². The summed E-state index contributed by atoms with van der Waals surface area (Å²) in [5, 5.41) is 5.95. The fourth-order valence-electron chi connectivity index (χ4n) is 3.35. The highest BCUT2D eigenvalue weighted by atomic mass is 32.2. The number of amides is 2. The Balaban J connectivity index is 1.76. The summed E-state index contributed by atoms with van der Waals surface area (Å²) in [6, 6.07) is -0.131. The van der Waals surface area contributed by atoms with E-state index in [1.807, 2.05) is 11.8 Å². The number of hydrogen-bond acceptors (Lipinski definition) is 5. The standard InChI is InChI=1S/C17H29N3O3S/c1-3-5-12(2)18-16(22)13-6-4-8-20(10-13)11-15(21)19-14-7-9-24-17(14)23/h12-14H,3-11H2,1-2H3,(H,18,22)(H,19,21)/t12-,13+,14+/m0/s1. The number of nitrogens with one attached hydrogen (secondary N) is 2. The van der Waals surface area contributed by atoms with Crippen LogP contribution in [0.2, 0.25) is 0 Å². The molecule has 136 valence electrons. The molecule has 0 saturated carbocycles. The highest BCUT2D eigenvalue weighted by molar-refractivity contribution is 8.14. The summed E-state index contributed by atoms with van der Waals surface area (Å²) in [4.78, 5) is 38.1. The molecule has 6 nitrogen and oxygen atoms in total. The minimum atomic E-state index is -0.332. The number of carbonyl (C=O) groups excluding carboxylic acids is 3. The molecule has 2 heterocycles. The zero-order valence-electron chi connectivity index (χ0n) is 14.7. The van der Waals surface area contributed by atoms with Gasteiger partial charge in [0.05, 0.1) is 18.5 Å². The number of carbonyl (C=O) groups is 3. The van der Waals surface area contributed by atoms with Gasteiger partial charge < -0.3 is 10.6 Å². The Bertz CT molecular complexity index is 472. The molecule has 3 atom stereocenters. The molecule has 0 spiro atoms. The second-order valence-corrected chi connectivity index (χ2v) is 7.95. The molecule has 7 heteroatoms. The Morgan fingerprint density at radius 3 is 2.83 bits per heavy atom. The summed E-state index contributed by atoms with van der Waals surface area (Å²) < 4.78 is 0. The summed E-state index contributed by atoms with van der Waals surface area (Å²) >= 11 is 1.29. The van der Waals surface area contributed by atoms with E-state index in [1.165, 1.54) is 11.8 Å². The molecule has 0 aliphatic carbocycles. The van der Waals surface area contributed by atoms with Gasteiger partial charge in [0.25, 0.3) is 0 Å². The first-order valence-electron chi connectivity index (χ1n) is 8.98. The number of piperidine rings is 1. The van der Waals surface area contributed by atoms with Gasteiger partial charge in [0.2, 0.25) is 16.9 Å². The van der Waals surface area contributed by atoms with E-state index < -0.39 is 0 Å². The Labute approximate surface area is 148 Å². The maximum absolute atomic E-state index is 12.4. The van der Waals surface area contributed by atoms with Crippen molar-refractivity contribution >= 4 is 28.7 Å². The van der Waals surface area contributed by atoms with E-state index in [-0.39, 0.29) is 41.5 Å². The van der Waals surface area contributed by atoms with Gasteiger partial charge in [-0.25, -0.2) is 0 Å². The molecule has 24 heavy (non-hydrogen) atoms. The lowest BCUT2D eigenvalue weighted by molar-refractivity contribution is -0.130. The van der Waals surface area contributed by atoms with Crippen molar-refractivity contribution in [3.63, 3.8) is 0 Å². The summed E-state index contributed by atoms with van der Waals surface area (Å²) in [5.74, 6) is 0.723. The molecule has 2 aliphatic rings. The maximum Gasteiger partial charge on any atom is 0.234 e. The third-order valence-electron chi connectivity index (χ3n) is 4.62. The van der Waals surface area contributed by atoms with E-state index in [4.69, 9.17) is 0 Å². The first kappa shape index (κ1) is 19.2. The van der Waals surface area contributed by atoms with Crippen LogP contribution in [0.25, 0.3) is 0 Å². The third-order valence-corrected chi connectivity index (χ3v) is 5.63. The van der Waals surface area contributed by atoms with Crippen LogP contribution in [-0.2, 0) is 14.4 Å². The van der Waals surface area contributed by atoms with Gasteiger partial charge in [-0.15, -0.1) is 0 Å². The molecule has 2 rings (SSSR count). The largest absolute Gasteiger partial charge is 0.353 e. The lowest BCUT2D eigenvalue weighted by atomic mass is 9.96. The molecule has 2 saturated heterocycles. The lowest BCUT2D eigenvalue weighted by Crippen LogP contribution is -2.49. The van der Waals surface area contributed by atoms with Crippen LogP contribution < -0.4 is 10.6 Å². The van der Waals surface area contributed by atoms with Gasteiger partial charge in [-0.3, -0.25) is 19.3 Å². The third kappa shape index (κ3) is 5.77. The number of nitrogens with zero attached hydrogens (tertiary/aromatic N) is 1. The fraction of sp³-hybridized carbons (Fsp3) is 0.824. The van der Waals surface area contributed by atoms with Crippen LogP contribution in [0.3, 0.4) is 0 Å². The first-order valence-corrected chi connectivity index (χ1v) is 9.97. The average molecular weight is 356 g/mol. The van der Waals surface area contributed by atoms with Gasteiger partial charge in [-0.2, -0.15) is 0 Å². The zero-order chi connectivity index (χ0) is 17.5. The van der Waals surface area contributed by atoms with Gasteiger partial charge in [0, 0.05) is 18.3 Å². The molecule has 2 amide bonds. The molecule has 0 unspecified atom stereocenters. The normalized spacial score (nSPS) is 26.2. The number of rotatable bonds is 7. The highest BCUT2D eigenvalue weighted by Crippen LogP contribution is 2.20. The monoisotopic (exact) mass is 355 g/mol. The smallest absolute Gasteiger partial charge is 0.234 e. The van der Waals surface area contributed by atoms with Crippen LogP contribution >= 0.6 is 11.8 Å². The van der Waals surface area contributed by atoms with Crippen LogP contribution in [-0.4, -0.2) is 59.3 Å². The van der Waals surface area contributed by atoms with Crippen molar-refractivity contribution in [2.24, 2.45) is 5.92 Å². The Kier molecular flexibility index (Phi) is 7.55. The topological polar surface area (TPSA) is 78.5 Å². The molecule has 2 aliphatic heterocycles. The summed E-state index contributed by atoms with van der Waals surface area (Å²) in [6.45, 7) is 5.85. The SMILES string of the molecule is CCC[C@H](C)NC(=O)[C@@H]1CCCN(CC(=O)N[C@@H]2CCSC2=O)C1. The van der Waals surface area contributed by atoms with Crippen molar-refractivity contribution in [3.05, 3.63) is 0 Å². The Hall–Kier alpha value is -1.08. The first-order chi connectivity index (χ1) is 11.5. The van der Waals surface area contributed by atoms with Gasteiger partial charge in [-0.1, -0.05) is 25.1 Å². The van der Waals surface area contributed by atoms with Crippen molar-refractivity contribution in [3.8, 4) is 0 Å². The van der Waals surface area contributed by atoms with Gasteiger partial charge in [0.15, 0.2) is 0 Å². The average Bonchev–Trinajstić information content (AvgIpc) is 2.92. The van der Waals surface area contributed by atoms with E-state index in [2.05, 4.69) is 17.6 Å². The van der Waals surface area contributed by atoms with Crippen LogP contribution in [0.4, 0.5) is 0 Å². The van der Waals surface area contributed by atoms with Gasteiger partial charge in [0.1, 0.15) is 0 Å². The van der Waals surface area contributed by atoms with E-state index in [1.54, 1.807) is 0 Å². The second kappa shape index (κ2) is 9.42. The fourth-order valence-corrected chi connectivity index (χ4v) is 4.28. The minimum Gasteiger partial charge on any atom is -0.353 e. The summed E-state index contributed by atoms with van der Waals surface area (Å²) in [6.07, 6.45) is 4.55. The van der Waals surface area contributed by atoms with Crippen LogP contribution in [0, 0.1) is 5.92 Å². The van der Waals surface area contributed by atoms with Gasteiger partial charge >= 0.3 is 0 Å².